The zero-order valence-electron chi connectivity index (χ0n) is 13.3. The molecule has 23 heavy (non-hydrogen) atoms. The Bertz CT molecular complexity index is 552. The average Bonchev–Trinajstić information content (AvgIpc) is 3.17. The summed E-state index contributed by atoms with van der Waals surface area (Å²) in [6.07, 6.45) is 6.55. The van der Waals surface area contributed by atoms with E-state index in [4.69, 9.17) is 5.73 Å². The number of carbonyl (C=O) groups is 1. The Balaban J connectivity index is 0.00000192. The lowest BCUT2D eigenvalue weighted by molar-refractivity contribution is -0.117. The van der Waals surface area contributed by atoms with Crippen LogP contribution in [0.4, 0.5) is 5.69 Å². The molecular formula is C17H25IN4O. The van der Waals surface area contributed by atoms with Crippen molar-refractivity contribution in [2.24, 2.45) is 10.7 Å². The number of guanidine groups is 1. The first-order valence-corrected chi connectivity index (χ1v) is 8.18. The first-order chi connectivity index (χ1) is 10.7. The molecule has 126 valence electrons. The maximum atomic E-state index is 11.7. The number of anilines is 1. The van der Waals surface area contributed by atoms with Crippen molar-refractivity contribution in [1.82, 2.24) is 5.32 Å². The van der Waals surface area contributed by atoms with Crippen molar-refractivity contribution in [3.63, 3.8) is 0 Å². The predicted octanol–water partition coefficient (Wildman–Crippen LogP) is 2.78. The zero-order valence-corrected chi connectivity index (χ0v) is 15.7. The first kappa shape index (κ1) is 18.0. The van der Waals surface area contributed by atoms with Crippen molar-refractivity contribution >= 4 is 41.5 Å². The summed E-state index contributed by atoms with van der Waals surface area (Å²) < 4.78 is 0. The van der Waals surface area contributed by atoms with E-state index in [0.717, 1.165) is 24.2 Å². The van der Waals surface area contributed by atoms with Gasteiger partial charge in [0.15, 0.2) is 5.96 Å². The molecule has 1 amide bonds. The van der Waals surface area contributed by atoms with Crippen LogP contribution in [0.25, 0.3) is 0 Å². The quantitative estimate of drug-likeness (QED) is 0.440. The number of nitrogens with zero attached hydrogens (tertiary/aromatic N) is 2. The van der Waals surface area contributed by atoms with Crippen molar-refractivity contribution in [3.8, 4) is 0 Å². The smallest absolute Gasteiger partial charge is 0.227 e. The van der Waals surface area contributed by atoms with Crippen LogP contribution in [0.1, 0.15) is 44.1 Å². The van der Waals surface area contributed by atoms with E-state index in [1.807, 2.05) is 29.2 Å². The molecule has 2 fully saturated rings. The molecule has 6 heteroatoms. The number of carbonyl (C=O) groups excluding carboxylic acids is 1. The van der Waals surface area contributed by atoms with Gasteiger partial charge in [-0.25, -0.2) is 4.99 Å². The lowest BCUT2D eigenvalue weighted by Gasteiger charge is -2.15. The molecule has 0 spiro atoms. The topological polar surface area (TPSA) is 70.7 Å². The highest BCUT2D eigenvalue weighted by Gasteiger charge is 2.21. The van der Waals surface area contributed by atoms with Crippen LogP contribution in [0.15, 0.2) is 29.3 Å². The number of halogens is 1. The fraction of sp³-hybridized carbons (Fsp3) is 0.529. The number of aliphatic imine (C=N–C) groups is 1. The van der Waals surface area contributed by atoms with Crippen LogP contribution < -0.4 is 16.0 Å². The largest absolute Gasteiger partial charge is 0.370 e. The second-order valence-corrected chi connectivity index (χ2v) is 6.14. The number of rotatable bonds is 4. The summed E-state index contributed by atoms with van der Waals surface area (Å²) >= 11 is 0. The summed E-state index contributed by atoms with van der Waals surface area (Å²) in [5.41, 5.74) is 8.02. The number of nitrogens with one attached hydrogen (secondary N) is 1. The average molecular weight is 428 g/mol. The molecule has 1 heterocycles. The number of amides is 1. The summed E-state index contributed by atoms with van der Waals surface area (Å²) in [7, 11) is 0. The molecule has 0 bridgehead atoms. The molecule has 3 N–H and O–H groups in total. The van der Waals surface area contributed by atoms with Crippen molar-refractivity contribution in [2.45, 2.75) is 51.1 Å². The Morgan fingerprint density at radius 3 is 2.52 bits per heavy atom. The van der Waals surface area contributed by atoms with Crippen LogP contribution in [0, 0.1) is 0 Å². The van der Waals surface area contributed by atoms with Crippen molar-refractivity contribution in [2.75, 3.05) is 11.4 Å². The molecule has 0 unspecified atom stereocenters. The van der Waals surface area contributed by atoms with Gasteiger partial charge in [-0.1, -0.05) is 25.0 Å². The van der Waals surface area contributed by atoms with E-state index in [0.29, 0.717) is 25.0 Å². The highest BCUT2D eigenvalue weighted by Crippen LogP contribution is 2.21. The normalized spacial score (nSPS) is 19.0. The second-order valence-electron chi connectivity index (χ2n) is 6.14. The summed E-state index contributed by atoms with van der Waals surface area (Å²) in [6.45, 7) is 1.40. The SMILES string of the molecule is I.NC(=NCc1ccc(N2CCCC2=O)cc1)NC1CCCC1. The Morgan fingerprint density at radius 2 is 1.91 bits per heavy atom. The van der Waals surface area contributed by atoms with Gasteiger partial charge in [-0.3, -0.25) is 4.79 Å². The molecule has 1 aliphatic carbocycles. The van der Waals surface area contributed by atoms with Crippen molar-refractivity contribution in [3.05, 3.63) is 29.8 Å². The van der Waals surface area contributed by atoms with Gasteiger partial charge < -0.3 is 16.0 Å². The van der Waals surface area contributed by atoms with Crippen LogP contribution >= 0.6 is 24.0 Å². The highest BCUT2D eigenvalue weighted by atomic mass is 127. The molecule has 5 nitrogen and oxygen atoms in total. The number of hydrogen-bond donors (Lipinski definition) is 2. The van der Waals surface area contributed by atoms with Gasteiger partial charge in [-0.15, -0.1) is 24.0 Å². The Labute approximate surface area is 154 Å². The lowest BCUT2D eigenvalue weighted by Crippen LogP contribution is -2.38. The van der Waals surface area contributed by atoms with Gasteiger partial charge in [0.1, 0.15) is 0 Å². The molecule has 2 aliphatic rings. The molecule has 1 aromatic carbocycles. The third-order valence-electron chi connectivity index (χ3n) is 4.46. The van der Waals surface area contributed by atoms with Gasteiger partial charge in [0.2, 0.25) is 5.91 Å². The minimum atomic E-state index is 0. The van der Waals surface area contributed by atoms with E-state index < -0.39 is 0 Å². The third-order valence-corrected chi connectivity index (χ3v) is 4.46. The summed E-state index contributed by atoms with van der Waals surface area (Å²) in [6, 6.07) is 8.52. The van der Waals surface area contributed by atoms with Crippen LogP contribution in [-0.4, -0.2) is 24.5 Å². The minimum Gasteiger partial charge on any atom is -0.370 e. The molecule has 3 rings (SSSR count). The summed E-state index contributed by atoms with van der Waals surface area (Å²) in [4.78, 5) is 18.0. The molecule has 1 saturated heterocycles. The van der Waals surface area contributed by atoms with Crippen LogP contribution in [0.3, 0.4) is 0 Å². The fourth-order valence-corrected chi connectivity index (χ4v) is 3.20. The maximum absolute atomic E-state index is 11.7. The monoisotopic (exact) mass is 428 g/mol. The fourth-order valence-electron chi connectivity index (χ4n) is 3.20. The number of hydrogen-bond acceptors (Lipinski definition) is 2. The molecule has 1 aliphatic heterocycles. The first-order valence-electron chi connectivity index (χ1n) is 8.18. The van der Waals surface area contributed by atoms with E-state index >= 15 is 0 Å². The predicted molar refractivity (Wildman–Crippen MR) is 104 cm³/mol. The van der Waals surface area contributed by atoms with E-state index in [1.165, 1.54) is 25.7 Å². The van der Waals surface area contributed by atoms with Gasteiger partial charge in [-0.2, -0.15) is 0 Å². The second kappa shape index (κ2) is 8.52. The van der Waals surface area contributed by atoms with E-state index in [-0.39, 0.29) is 29.9 Å². The molecular weight excluding hydrogens is 403 g/mol. The van der Waals surface area contributed by atoms with Crippen LogP contribution in [-0.2, 0) is 11.3 Å². The molecule has 0 aromatic heterocycles. The van der Waals surface area contributed by atoms with Gasteiger partial charge in [-0.05, 0) is 37.0 Å². The molecule has 1 aromatic rings. The lowest BCUT2D eigenvalue weighted by atomic mass is 10.2. The van der Waals surface area contributed by atoms with Gasteiger partial charge in [0.05, 0.1) is 6.54 Å². The van der Waals surface area contributed by atoms with E-state index in [1.54, 1.807) is 0 Å². The third kappa shape index (κ3) is 4.83. The summed E-state index contributed by atoms with van der Waals surface area (Å²) in [5.74, 6) is 0.751. The summed E-state index contributed by atoms with van der Waals surface area (Å²) in [5, 5.41) is 3.29. The van der Waals surface area contributed by atoms with E-state index in [2.05, 4.69) is 10.3 Å². The maximum Gasteiger partial charge on any atom is 0.227 e. The Morgan fingerprint density at radius 1 is 1.22 bits per heavy atom. The zero-order chi connectivity index (χ0) is 15.4. The Kier molecular flexibility index (Phi) is 6.68. The molecule has 0 atom stereocenters. The van der Waals surface area contributed by atoms with Crippen molar-refractivity contribution in [1.29, 1.82) is 0 Å². The van der Waals surface area contributed by atoms with Gasteiger partial charge in [0, 0.05) is 24.7 Å². The minimum absolute atomic E-state index is 0. The number of nitrogens with two attached hydrogens (primary N) is 1. The van der Waals surface area contributed by atoms with Gasteiger partial charge >= 0.3 is 0 Å². The van der Waals surface area contributed by atoms with E-state index in [9.17, 15) is 4.79 Å². The van der Waals surface area contributed by atoms with Crippen LogP contribution in [0.2, 0.25) is 0 Å². The highest BCUT2D eigenvalue weighted by molar-refractivity contribution is 14.0. The Hall–Kier alpha value is -1.31. The number of benzene rings is 1. The van der Waals surface area contributed by atoms with Crippen molar-refractivity contribution < 1.29 is 4.79 Å². The molecule has 1 saturated carbocycles. The van der Waals surface area contributed by atoms with Gasteiger partial charge in [0.25, 0.3) is 0 Å². The standard InChI is InChI=1S/C17H24N4O.HI/c18-17(20-14-4-1-2-5-14)19-12-13-7-9-15(10-8-13)21-11-3-6-16(21)22;/h7-10,14H,1-6,11-12H2,(H3,18,19,20);1H. The molecule has 0 radical (unpaired) electrons. The van der Waals surface area contributed by atoms with Crippen LogP contribution in [0.5, 0.6) is 0 Å².